The maximum Gasteiger partial charge on any atom is 0.161 e. The van der Waals surface area contributed by atoms with E-state index in [2.05, 4.69) is 26.1 Å². The highest BCUT2D eigenvalue weighted by Crippen LogP contribution is 2.28. The molecule has 1 aromatic carbocycles. The van der Waals surface area contributed by atoms with E-state index in [0.29, 0.717) is 18.8 Å². The summed E-state index contributed by atoms with van der Waals surface area (Å²) in [5.41, 5.74) is 1.24. The third kappa shape index (κ3) is 6.26. The minimum absolute atomic E-state index is 0.0830. The van der Waals surface area contributed by atoms with E-state index < -0.39 is 0 Å². The third-order valence-electron chi connectivity index (χ3n) is 2.84. The Morgan fingerprint density at radius 1 is 1.25 bits per heavy atom. The predicted molar refractivity (Wildman–Crippen MR) is 81.4 cm³/mol. The van der Waals surface area contributed by atoms with Crippen LogP contribution >= 0.6 is 0 Å². The highest BCUT2D eigenvalue weighted by Gasteiger charge is 2.10. The molecule has 0 amide bonds. The maximum absolute atomic E-state index is 9.23. The van der Waals surface area contributed by atoms with Crippen molar-refractivity contribution in [3.8, 4) is 11.5 Å². The first-order chi connectivity index (χ1) is 9.31. The summed E-state index contributed by atoms with van der Waals surface area (Å²) in [6.45, 7) is 9.43. The zero-order chi connectivity index (χ0) is 15.2. The molecular weight excluding hydrogens is 254 g/mol. The Hall–Kier alpha value is -1.26. The summed E-state index contributed by atoms with van der Waals surface area (Å²) in [4.78, 5) is 0. The van der Waals surface area contributed by atoms with Crippen LogP contribution in [0, 0.1) is 0 Å². The van der Waals surface area contributed by atoms with Crippen molar-refractivity contribution < 1.29 is 14.6 Å². The standard InChI is InChI=1S/C16H27NO3/c1-12(18)8-9-20-14-7-6-13(10-15(14)19-5)11-17-16(2,3)4/h6-7,10,12,17-18H,8-9,11H2,1-5H3. The number of nitrogens with one attached hydrogen (secondary N) is 1. The van der Waals surface area contributed by atoms with Crippen LogP contribution in [0.4, 0.5) is 0 Å². The van der Waals surface area contributed by atoms with Crippen LogP contribution in [-0.4, -0.2) is 30.5 Å². The number of benzene rings is 1. The lowest BCUT2D eigenvalue weighted by Gasteiger charge is -2.21. The van der Waals surface area contributed by atoms with E-state index in [1.165, 1.54) is 0 Å². The molecule has 0 aliphatic heterocycles. The van der Waals surface area contributed by atoms with Crippen LogP contribution < -0.4 is 14.8 Å². The Bertz CT molecular complexity index is 411. The second kappa shape index (κ2) is 7.50. The molecule has 4 heteroatoms. The van der Waals surface area contributed by atoms with E-state index >= 15 is 0 Å². The molecule has 114 valence electrons. The summed E-state index contributed by atoms with van der Waals surface area (Å²) >= 11 is 0. The molecular formula is C16H27NO3. The van der Waals surface area contributed by atoms with Gasteiger partial charge in [-0.1, -0.05) is 6.07 Å². The molecule has 4 nitrogen and oxygen atoms in total. The van der Waals surface area contributed by atoms with Gasteiger partial charge < -0.3 is 19.9 Å². The zero-order valence-electron chi connectivity index (χ0n) is 13.2. The Labute approximate surface area is 122 Å². The number of hydrogen-bond donors (Lipinski definition) is 2. The summed E-state index contributed by atoms with van der Waals surface area (Å²) in [6.07, 6.45) is 0.257. The Morgan fingerprint density at radius 3 is 2.50 bits per heavy atom. The Balaban J connectivity index is 2.65. The lowest BCUT2D eigenvalue weighted by molar-refractivity contribution is 0.154. The van der Waals surface area contributed by atoms with Crippen LogP contribution in [0.25, 0.3) is 0 Å². The van der Waals surface area contributed by atoms with Gasteiger partial charge in [0.25, 0.3) is 0 Å². The molecule has 0 radical (unpaired) electrons. The summed E-state index contributed by atoms with van der Waals surface area (Å²) < 4.78 is 11.0. The lowest BCUT2D eigenvalue weighted by Crippen LogP contribution is -2.35. The van der Waals surface area contributed by atoms with Gasteiger partial charge >= 0.3 is 0 Å². The van der Waals surface area contributed by atoms with Gasteiger partial charge in [-0.2, -0.15) is 0 Å². The number of rotatable bonds is 7. The van der Waals surface area contributed by atoms with Gasteiger partial charge in [0.05, 0.1) is 19.8 Å². The molecule has 20 heavy (non-hydrogen) atoms. The van der Waals surface area contributed by atoms with Gasteiger partial charge in [0.15, 0.2) is 11.5 Å². The maximum atomic E-state index is 9.23. The Morgan fingerprint density at radius 2 is 1.95 bits per heavy atom. The van der Waals surface area contributed by atoms with Crippen molar-refractivity contribution in [1.82, 2.24) is 5.32 Å². The lowest BCUT2D eigenvalue weighted by atomic mass is 10.1. The van der Waals surface area contributed by atoms with Crippen molar-refractivity contribution >= 4 is 0 Å². The average molecular weight is 281 g/mol. The normalized spacial score (nSPS) is 13.1. The van der Waals surface area contributed by atoms with Crippen LogP contribution in [0.3, 0.4) is 0 Å². The van der Waals surface area contributed by atoms with Gasteiger partial charge in [-0.3, -0.25) is 0 Å². The zero-order valence-corrected chi connectivity index (χ0v) is 13.2. The molecule has 0 aliphatic rings. The van der Waals surface area contributed by atoms with E-state index in [0.717, 1.165) is 17.9 Å². The first kappa shape index (κ1) is 16.8. The predicted octanol–water partition coefficient (Wildman–Crippen LogP) is 2.73. The van der Waals surface area contributed by atoms with E-state index in [9.17, 15) is 5.11 Å². The number of aliphatic hydroxyl groups excluding tert-OH is 1. The number of methoxy groups -OCH3 is 1. The van der Waals surface area contributed by atoms with E-state index in [1.54, 1.807) is 14.0 Å². The van der Waals surface area contributed by atoms with Crippen molar-refractivity contribution in [3.63, 3.8) is 0 Å². The Kier molecular flexibility index (Phi) is 6.30. The van der Waals surface area contributed by atoms with Crippen LogP contribution in [0.2, 0.25) is 0 Å². The van der Waals surface area contributed by atoms with Crippen molar-refractivity contribution in [3.05, 3.63) is 23.8 Å². The molecule has 0 saturated heterocycles. The molecule has 2 N–H and O–H groups in total. The third-order valence-corrected chi connectivity index (χ3v) is 2.84. The van der Waals surface area contributed by atoms with E-state index in [-0.39, 0.29) is 11.6 Å². The first-order valence-electron chi connectivity index (χ1n) is 7.04. The van der Waals surface area contributed by atoms with Crippen LogP contribution in [0.5, 0.6) is 11.5 Å². The molecule has 0 heterocycles. The molecule has 1 rings (SSSR count). The van der Waals surface area contributed by atoms with Gasteiger partial charge in [0.1, 0.15) is 0 Å². The van der Waals surface area contributed by atoms with Crippen LogP contribution in [-0.2, 0) is 6.54 Å². The fourth-order valence-electron chi connectivity index (χ4n) is 1.65. The number of aliphatic hydroxyl groups is 1. The van der Waals surface area contributed by atoms with Gasteiger partial charge in [-0.05, 0) is 45.4 Å². The van der Waals surface area contributed by atoms with Gasteiger partial charge in [-0.15, -0.1) is 0 Å². The van der Waals surface area contributed by atoms with E-state index in [4.69, 9.17) is 9.47 Å². The van der Waals surface area contributed by atoms with Crippen molar-refractivity contribution in [2.24, 2.45) is 0 Å². The second-order valence-corrected chi connectivity index (χ2v) is 6.07. The largest absolute Gasteiger partial charge is 0.493 e. The topological polar surface area (TPSA) is 50.7 Å². The fourth-order valence-corrected chi connectivity index (χ4v) is 1.65. The number of ether oxygens (including phenoxy) is 2. The van der Waals surface area contributed by atoms with Gasteiger partial charge in [0.2, 0.25) is 0 Å². The van der Waals surface area contributed by atoms with Crippen molar-refractivity contribution in [2.75, 3.05) is 13.7 Å². The minimum Gasteiger partial charge on any atom is -0.493 e. The molecule has 0 saturated carbocycles. The average Bonchev–Trinajstić information content (AvgIpc) is 2.36. The molecule has 0 aromatic heterocycles. The summed E-state index contributed by atoms with van der Waals surface area (Å²) in [7, 11) is 1.64. The SMILES string of the molecule is COc1cc(CNC(C)(C)C)ccc1OCCC(C)O. The van der Waals surface area contributed by atoms with Crippen molar-refractivity contribution in [1.29, 1.82) is 0 Å². The summed E-state index contributed by atoms with van der Waals surface area (Å²) in [5.74, 6) is 1.44. The fraction of sp³-hybridized carbons (Fsp3) is 0.625. The molecule has 0 spiro atoms. The monoisotopic (exact) mass is 281 g/mol. The molecule has 0 bridgehead atoms. The quantitative estimate of drug-likeness (QED) is 0.807. The minimum atomic E-state index is -0.351. The molecule has 1 aromatic rings. The molecule has 1 atom stereocenters. The van der Waals surface area contributed by atoms with Gasteiger partial charge in [-0.25, -0.2) is 0 Å². The van der Waals surface area contributed by atoms with E-state index in [1.807, 2.05) is 18.2 Å². The highest BCUT2D eigenvalue weighted by atomic mass is 16.5. The smallest absolute Gasteiger partial charge is 0.161 e. The summed E-state index contributed by atoms with van der Waals surface area (Å²) in [6, 6.07) is 5.93. The van der Waals surface area contributed by atoms with Crippen LogP contribution in [0.15, 0.2) is 18.2 Å². The van der Waals surface area contributed by atoms with Crippen molar-refractivity contribution in [2.45, 2.75) is 52.3 Å². The second-order valence-electron chi connectivity index (χ2n) is 6.07. The van der Waals surface area contributed by atoms with Crippen LogP contribution in [0.1, 0.15) is 39.7 Å². The number of hydrogen-bond acceptors (Lipinski definition) is 4. The molecule has 0 aliphatic carbocycles. The van der Waals surface area contributed by atoms with Gasteiger partial charge in [0, 0.05) is 18.5 Å². The first-order valence-corrected chi connectivity index (χ1v) is 7.04. The highest BCUT2D eigenvalue weighted by molar-refractivity contribution is 5.43. The molecule has 0 fully saturated rings. The molecule has 1 unspecified atom stereocenters. The summed E-state index contributed by atoms with van der Waals surface area (Å²) in [5, 5.41) is 12.7.